The van der Waals surface area contributed by atoms with E-state index in [1.165, 1.54) is 0 Å². The molecular weight excluding hydrogens is 374 g/mol. The lowest BCUT2D eigenvalue weighted by Crippen LogP contribution is -2.46. The molecule has 0 amide bonds. The molecule has 2 heterocycles. The van der Waals surface area contributed by atoms with Gasteiger partial charge < -0.3 is 15.0 Å². The van der Waals surface area contributed by atoms with Gasteiger partial charge in [-0.05, 0) is 61.2 Å². The van der Waals surface area contributed by atoms with E-state index in [2.05, 4.69) is 16.4 Å². The zero-order chi connectivity index (χ0) is 19.7. The van der Waals surface area contributed by atoms with Crippen molar-refractivity contribution < 1.29 is 9.90 Å². The van der Waals surface area contributed by atoms with E-state index in [0.29, 0.717) is 11.4 Å². The third kappa shape index (κ3) is 3.83. The Morgan fingerprint density at radius 3 is 2.82 bits per heavy atom. The van der Waals surface area contributed by atoms with Gasteiger partial charge in [0.05, 0.1) is 30.0 Å². The summed E-state index contributed by atoms with van der Waals surface area (Å²) < 4.78 is 1.89. The molecule has 2 aromatic carbocycles. The van der Waals surface area contributed by atoms with E-state index < -0.39 is 6.10 Å². The summed E-state index contributed by atoms with van der Waals surface area (Å²) in [4.78, 5) is 17.1. The lowest BCUT2D eigenvalue weighted by atomic mass is 9.97. The number of Topliss-reactive ketones (excluding diaryl/α,β-unsaturated/α-hetero) is 1. The number of benzene rings is 2. The lowest BCUT2D eigenvalue weighted by molar-refractivity contribution is -0.121. The van der Waals surface area contributed by atoms with Crippen LogP contribution in [0.25, 0.3) is 22.2 Å². The highest BCUT2D eigenvalue weighted by Crippen LogP contribution is 2.30. The van der Waals surface area contributed by atoms with Crippen LogP contribution in [0.5, 0.6) is 0 Å². The van der Waals surface area contributed by atoms with Gasteiger partial charge in [-0.3, -0.25) is 4.79 Å². The maximum atomic E-state index is 12.6. The summed E-state index contributed by atoms with van der Waals surface area (Å²) in [6.45, 7) is 3.17. The predicted octanol–water partition coefficient (Wildman–Crippen LogP) is 3.74. The van der Waals surface area contributed by atoms with Crippen LogP contribution in [0.1, 0.15) is 24.8 Å². The van der Waals surface area contributed by atoms with Gasteiger partial charge in [-0.1, -0.05) is 29.8 Å². The third-order valence-electron chi connectivity index (χ3n) is 5.54. The number of aliphatic hydroxyl groups excluding tert-OH is 1. The van der Waals surface area contributed by atoms with Crippen LogP contribution < -0.4 is 5.32 Å². The first-order valence-electron chi connectivity index (χ1n) is 9.66. The Bertz CT molecular complexity index is 997. The number of rotatable bonds is 5. The fraction of sp³-hybridized carbons (Fsp3) is 0.364. The Morgan fingerprint density at radius 1 is 1.29 bits per heavy atom. The molecule has 0 saturated carbocycles. The summed E-state index contributed by atoms with van der Waals surface area (Å²) in [6, 6.07) is 11.7. The Kier molecular flexibility index (Phi) is 5.49. The molecule has 0 spiro atoms. The number of ketones is 1. The van der Waals surface area contributed by atoms with Crippen LogP contribution in [-0.4, -0.2) is 39.1 Å². The Labute approximate surface area is 169 Å². The van der Waals surface area contributed by atoms with Gasteiger partial charge in [0.25, 0.3) is 0 Å². The number of carbonyl (C=O) groups excluding carboxylic acids is 1. The van der Waals surface area contributed by atoms with E-state index in [9.17, 15) is 9.90 Å². The predicted molar refractivity (Wildman–Crippen MR) is 112 cm³/mol. The highest BCUT2D eigenvalue weighted by atomic mass is 35.5. The van der Waals surface area contributed by atoms with E-state index in [-0.39, 0.29) is 18.4 Å². The Hall–Kier alpha value is -2.21. The SMILES string of the molecule is Cc1c(-c2ccc(Cl)cc2)ccc2c1ncn2CC(=O)C[C@H]1NCCC[C@@H]1O. The fourth-order valence-electron chi connectivity index (χ4n) is 3.98. The van der Waals surface area contributed by atoms with E-state index in [0.717, 1.165) is 47.1 Å². The molecule has 0 bridgehead atoms. The minimum Gasteiger partial charge on any atom is -0.391 e. The number of hydrogen-bond donors (Lipinski definition) is 2. The Balaban J connectivity index is 1.55. The second-order valence-corrected chi connectivity index (χ2v) is 7.93. The standard InChI is InChI=1S/C22H24ClN3O2/c1-14-18(15-4-6-16(23)7-5-15)8-9-20-22(14)25-13-26(20)12-17(27)11-19-21(28)3-2-10-24-19/h4-9,13,19,21,24,28H,2-3,10-12H2,1H3/t19-,21+/m1/s1. The smallest absolute Gasteiger partial charge is 0.154 e. The molecule has 4 rings (SSSR count). The van der Waals surface area contributed by atoms with Crippen LogP contribution in [-0.2, 0) is 11.3 Å². The molecule has 5 nitrogen and oxygen atoms in total. The maximum Gasteiger partial charge on any atom is 0.154 e. The summed E-state index contributed by atoms with van der Waals surface area (Å²) in [5.41, 5.74) is 5.12. The van der Waals surface area contributed by atoms with Crippen molar-refractivity contribution in [2.24, 2.45) is 0 Å². The van der Waals surface area contributed by atoms with Crippen LogP contribution in [0, 0.1) is 6.92 Å². The summed E-state index contributed by atoms with van der Waals surface area (Å²) in [5.74, 6) is 0.0946. The van der Waals surface area contributed by atoms with Crippen molar-refractivity contribution in [2.75, 3.05) is 6.54 Å². The highest BCUT2D eigenvalue weighted by Gasteiger charge is 2.25. The number of fused-ring (bicyclic) bond motifs is 1. The number of halogens is 1. The number of piperidine rings is 1. The molecular formula is C22H24ClN3O2. The summed E-state index contributed by atoms with van der Waals surface area (Å²) in [6.07, 6.45) is 3.33. The Morgan fingerprint density at radius 2 is 2.07 bits per heavy atom. The van der Waals surface area contributed by atoms with Crippen molar-refractivity contribution in [3.05, 3.63) is 53.3 Å². The van der Waals surface area contributed by atoms with Gasteiger partial charge in [0.2, 0.25) is 0 Å². The highest BCUT2D eigenvalue weighted by molar-refractivity contribution is 6.30. The van der Waals surface area contributed by atoms with E-state index in [1.54, 1.807) is 6.33 Å². The van der Waals surface area contributed by atoms with Crippen LogP contribution in [0.3, 0.4) is 0 Å². The average Bonchev–Trinajstić information content (AvgIpc) is 3.08. The molecule has 3 aromatic rings. The normalized spacial score (nSPS) is 19.8. The first-order chi connectivity index (χ1) is 13.5. The number of nitrogens with zero attached hydrogens (tertiary/aromatic N) is 2. The number of aryl methyl sites for hydroxylation is 1. The van der Waals surface area contributed by atoms with E-state index in [4.69, 9.17) is 11.6 Å². The molecule has 1 fully saturated rings. The lowest BCUT2D eigenvalue weighted by Gasteiger charge is -2.28. The third-order valence-corrected chi connectivity index (χ3v) is 5.79. The zero-order valence-electron chi connectivity index (χ0n) is 15.9. The molecule has 0 radical (unpaired) electrons. The minimum atomic E-state index is -0.443. The van der Waals surface area contributed by atoms with Crippen molar-refractivity contribution in [3.63, 3.8) is 0 Å². The van der Waals surface area contributed by atoms with Gasteiger partial charge in [0, 0.05) is 17.5 Å². The first-order valence-corrected chi connectivity index (χ1v) is 10.0. The second-order valence-electron chi connectivity index (χ2n) is 7.50. The number of hydrogen-bond acceptors (Lipinski definition) is 4. The molecule has 28 heavy (non-hydrogen) atoms. The molecule has 0 aliphatic carbocycles. The molecule has 1 aliphatic heterocycles. The van der Waals surface area contributed by atoms with Crippen molar-refractivity contribution >= 4 is 28.4 Å². The van der Waals surface area contributed by atoms with Crippen LogP contribution in [0.2, 0.25) is 5.02 Å². The van der Waals surface area contributed by atoms with Crippen molar-refractivity contribution in [1.82, 2.24) is 14.9 Å². The molecule has 1 aliphatic rings. The van der Waals surface area contributed by atoms with Gasteiger partial charge in [-0.15, -0.1) is 0 Å². The number of nitrogens with one attached hydrogen (secondary N) is 1. The minimum absolute atomic E-state index is 0.0946. The quantitative estimate of drug-likeness (QED) is 0.688. The molecule has 1 aromatic heterocycles. The van der Waals surface area contributed by atoms with E-state index >= 15 is 0 Å². The van der Waals surface area contributed by atoms with E-state index in [1.807, 2.05) is 41.8 Å². The van der Waals surface area contributed by atoms with Crippen LogP contribution in [0.4, 0.5) is 0 Å². The van der Waals surface area contributed by atoms with Gasteiger partial charge in [-0.2, -0.15) is 0 Å². The number of aromatic nitrogens is 2. The van der Waals surface area contributed by atoms with Crippen molar-refractivity contribution in [2.45, 2.75) is 44.9 Å². The van der Waals surface area contributed by atoms with Crippen LogP contribution in [0.15, 0.2) is 42.7 Å². The maximum absolute atomic E-state index is 12.6. The summed E-state index contributed by atoms with van der Waals surface area (Å²) in [5, 5.41) is 14.0. The molecule has 6 heteroatoms. The molecule has 2 N–H and O–H groups in total. The summed E-state index contributed by atoms with van der Waals surface area (Å²) >= 11 is 6.00. The number of imidazole rings is 1. The monoisotopic (exact) mass is 397 g/mol. The van der Waals surface area contributed by atoms with Gasteiger partial charge in [0.15, 0.2) is 5.78 Å². The van der Waals surface area contributed by atoms with Crippen molar-refractivity contribution in [1.29, 1.82) is 0 Å². The molecule has 0 unspecified atom stereocenters. The van der Waals surface area contributed by atoms with Crippen molar-refractivity contribution in [3.8, 4) is 11.1 Å². The van der Waals surface area contributed by atoms with Crippen LogP contribution >= 0.6 is 11.6 Å². The molecule has 1 saturated heterocycles. The second kappa shape index (κ2) is 8.03. The average molecular weight is 398 g/mol. The topological polar surface area (TPSA) is 67.2 Å². The number of aliphatic hydroxyl groups is 1. The van der Waals surface area contributed by atoms with Gasteiger partial charge in [0.1, 0.15) is 0 Å². The summed E-state index contributed by atoms with van der Waals surface area (Å²) in [7, 11) is 0. The zero-order valence-corrected chi connectivity index (χ0v) is 16.6. The first kappa shape index (κ1) is 19.1. The van der Waals surface area contributed by atoms with Gasteiger partial charge in [-0.25, -0.2) is 4.98 Å². The fourth-order valence-corrected chi connectivity index (χ4v) is 4.11. The number of carbonyl (C=O) groups is 1. The molecule has 2 atom stereocenters. The molecule has 146 valence electrons. The van der Waals surface area contributed by atoms with Gasteiger partial charge >= 0.3 is 0 Å². The largest absolute Gasteiger partial charge is 0.391 e.